The van der Waals surface area contributed by atoms with Crippen LogP contribution in [0.1, 0.15) is 0 Å². The van der Waals surface area contributed by atoms with E-state index >= 15 is 0 Å². The highest BCUT2D eigenvalue weighted by Crippen LogP contribution is 2.10. The second-order valence-corrected chi connectivity index (χ2v) is 4.90. The number of H-pyrrole nitrogens is 1. The molecule has 0 radical (unpaired) electrons. The molecule has 0 saturated heterocycles. The van der Waals surface area contributed by atoms with Gasteiger partial charge >= 0.3 is 35.9 Å². The molecule has 12 heteroatoms. The summed E-state index contributed by atoms with van der Waals surface area (Å²) in [5, 5.41) is 0. The van der Waals surface area contributed by atoms with Gasteiger partial charge in [0.25, 0.3) is 0 Å². The number of aromatic nitrogens is 3. The summed E-state index contributed by atoms with van der Waals surface area (Å²) in [6.45, 7) is 9.56. The Labute approximate surface area is 172 Å². The van der Waals surface area contributed by atoms with Crippen LogP contribution in [-0.2, 0) is 28.6 Å². The Morgan fingerprint density at radius 2 is 1.03 bits per heavy atom. The maximum atomic E-state index is 11.0. The van der Waals surface area contributed by atoms with Crippen LogP contribution in [-0.4, -0.2) is 67.5 Å². The van der Waals surface area contributed by atoms with Gasteiger partial charge in [-0.3, -0.25) is 0 Å². The summed E-state index contributed by atoms with van der Waals surface area (Å²) in [4.78, 5) is 43.6. The van der Waals surface area contributed by atoms with Crippen molar-refractivity contribution in [2.24, 2.45) is 0 Å². The van der Waals surface area contributed by atoms with Gasteiger partial charge in [0.1, 0.15) is 39.6 Å². The van der Waals surface area contributed by atoms with Crippen LogP contribution in [0.5, 0.6) is 18.0 Å². The molecule has 0 fully saturated rings. The first-order valence-electron chi connectivity index (χ1n) is 8.55. The van der Waals surface area contributed by atoms with Crippen molar-refractivity contribution in [3.8, 4) is 18.0 Å². The van der Waals surface area contributed by atoms with Crippen LogP contribution in [0.4, 0.5) is 0 Å². The Kier molecular flexibility index (Phi) is 11.3. The Balaban J connectivity index is 2.65. The normalized spacial score (nSPS) is 9.60. The molecule has 0 aliphatic carbocycles. The number of carbonyl (C=O) groups excluding carboxylic acids is 3. The van der Waals surface area contributed by atoms with Crippen LogP contribution in [0.25, 0.3) is 0 Å². The molecule has 30 heavy (non-hydrogen) atoms. The number of aromatic amines is 1. The zero-order valence-corrected chi connectivity index (χ0v) is 16.2. The van der Waals surface area contributed by atoms with Crippen LogP contribution in [0.2, 0.25) is 0 Å². The molecule has 1 heterocycles. The Morgan fingerprint density at radius 1 is 0.667 bits per heavy atom. The third-order valence-corrected chi connectivity index (χ3v) is 2.80. The van der Waals surface area contributed by atoms with Gasteiger partial charge in [0, 0.05) is 28.2 Å². The van der Waals surface area contributed by atoms with E-state index in [0.717, 1.165) is 18.2 Å². The number of hydrogen-bond donors (Lipinski definition) is 0. The molecule has 1 aromatic heterocycles. The highest BCUT2D eigenvalue weighted by atomic mass is 16.6. The van der Waals surface area contributed by atoms with Gasteiger partial charge in [0.05, 0.1) is 0 Å². The lowest BCUT2D eigenvalue weighted by Crippen LogP contribution is -2.23. The molecule has 1 aromatic rings. The lowest BCUT2D eigenvalue weighted by atomic mass is 10.6. The van der Waals surface area contributed by atoms with Crippen LogP contribution in [0, 0.1) is 0 Å². The maximum Gasteiger partial charge on any atom is 0.478 e. The van der Waals surface area contributed by atoms with Crippen LogP contribution in [0.15, 0.2) is 38.0 Å². The van der Waals surface area contributed by atoms with Crippen molar-refractivity contribution in [2.45, 2.75) is 0 Å². The summed E-state index contributed by atoms with van der Waals surface area (Å²) in [5.41, 5.74) is 0. The first-order valence-corrected chi connectivity index (χ1v) is 8.55. The van der Waals surface area contributed by atoms with Crippen LogP contribution < -0.4 is 19.2 Å². The molecule has 0 aliphatic heterocycles. The van der Waals surface area contributed by atoms with E-state index in [0.29, 0.717) is 0 Å². The molecular formula is C18H22N3O9+. The molecule has 0 atom stereocenters. The molecule has 0 saturated carbocycles. The molecular weight excluding hydrogens is 402 g/mol. The van der Waals surface area contributed by atoms with Crippen molar-refractivity contribution >= 4 is 17.9 Å². The third kappa shape index (κ3) is 10.4. The fourth-order valence-corrected chi connectivity index (χ4v) is 1.56. The first-order chi connectivity index (χ1) is 14.5. The van der Waals surface area contributed by atoms with E-state index < -0.39 is 17.9 Å². The minimum Gasteiger partial charge on any atom is -0.459 e. The maximum absolute atomic E-state index is 11.0. The SMILES string of the molecule is C=CC(=O)OCCOc1nc(OCCOC(=O)C=C)[nH+]c(OCCOC(=O)C=C)n1. The third-order valence-electron chi connectivity index (χ3n) is 2.80. The predicted molar refractivity (Wildman–Crippen MR) is 98.5 cm³/mol. The van der Waals surface area contributed by atoms with Gasteiger partial charge in [0.2, 0.25) is 0 Å². The standard InChI is InChI=1S/C18H21N3O9/c1-4-13(22)25-7-10-28-16-19-17(29-11-8-26-14(23)5-2)21-18(20-16)30-12-9-27-15(24)6-3/h4-6H,1-3,7-12H2/p+1. The molecule has 0 spiro atoms. The number of nitrogens with zero attached hydrogens (tertiary/aromatic N) is 2. The number of nitrogens with one attached hydrogen (secondary N) is 1. The number of rotatable bonds is 15. The van der Waals surface area contributed by atoms with Gasteiger partial charge in [-0.15, -0.1) is 0 Å². The zero-order chi connectivity index (χ0) is 22.2. The van der Waals surface area contributed by atoms with Crippen molar-refractivity contribution < 1.29 is 47.8 Å². The average Bonchev–Trinajstić information content (AvgIpc) is 2.76. The summed E-state index contributed by atoms with van der Waals surface area (Å²) in [5.74, 6) is -1.79. The first kappa shape index (κ1) is 24.1. The smallest absolute Gasteiger partial charge is 0.459 e. The minimum absolute atomic E-state index is 0.0279. The Morgan fingerprint density at radius 3 is 1.40 bits per heavy atom. The second kappa shape index (κ2) is 14.1. The van der Waals surface area contributed by atoms with Gasteiger partial charge in [-0.1, -0.05) is 19.7 Å². The summed E-state index contributed by atoms with van der Waals surface area (Å²) in [6, 6.07) is -0.230. The van der Waals surface area contributed by atoms with Crippen molar-refractivity contribution in [1.29, 1.82) is 0 Å². The highest BCUT2D eigenvalue weighted by Gasteiger charge is 2.19. The molecule has 0 bridgehead atoms. The van der Waals surface area contributed by atoms with E-state index in [-0.39, 0.29) is 57.7 Å². The van der Waals surface area contributed by atoms with Gasteiger partial charge < -0.3 is 28.4 Å². The summed E-state index contributed by atoms with van der Waals surface area (Å²) in [7, 11) is 0. The molecule has 0 unspecified atom stereocenters. The Hall–Kier alpha value is -3.96. The van der Waals surface area contributed by atoms with E-state index in [1.807, 2.05) is 0 Å². The fraction of sp³-hybridized carbons (Fsp3) is 0.333. The van der Waals surface area contributed by atoms with Gasteiger partial charge in [-0.05, 0) is 0 Å². The van der Waals surface area contributed by atoms with Crippen molar-refractivity contribution in [3.63, 3.8) is 0 Å². The number of hydrogen-bond acceptors (Lipinski definition) is 11. The van der Waals surface area contributed by atoms with Crippen molar-refractivity contribution in [3.05, 3.63) is 38.0 Å². The molecule has 162 valence electrons. The van der Waals surface area contributed by atoms with E-state index in [9.17, 15) is 14.4 Å². The van der Waals surface area contributed by atoms with E-state index in [2.05, 4.69) is 34.7 Å². The quantitative estimate of drug-likeness (QED) is 0.157. The highest BCUT2D eigenvalue weighted by molar-refractivity contribution is 5.81. The van der Waals surface area contributed by atoms with E-state index in [1.165, 1.54) is 0 Å². The van der Waals surface area contributed by atoms with Gasteiger partial charge in [-0.25, -0.2) is 14.4 Å². The summed E-state index contributed by atoms with van der Waals surface area (Å²) in [6.07, 6.45) is 3.06. The Bertz CT molecular complexity index is 655. The topological polar surface area (TPSA) is 147 Å². The summed E-state index contributed by atoms with van der Waals surface area (Å²) < 4.78 is 30.3. The van der Waals surface area contributed by atoms with Crippen LogP contribution in [0.3, 0.4) is 0 Å². The van der Waals surface area contributed by atoms with Gasteiger partial charge in [0.15, 0.2) is 0 Å². The largest absolute Gasteiger partial charge is 0.478 e. The molecule has 1 N–H and O–H groups in total. The van der Waals surface area contributed by atoms with E-state index in [1.54, 1.807) is 0 Å². The molecule has 1 rings (SSSR count). The van der Waals surface area contributed by atoms with E-state index in [4.69, 9.17) is 28.4 Å². The average molecular weight is 424 g/mol. The lowest BCUT2D eigenvalue weighted by molar-refractivity contribution is -0.420. The van der Waals surface area contributed by atoms with Crippen molar-refractivity contribution in [1.82, 2.24) is 9.97 Å². The van der Waals surface area contributed by atoms with Crippen molar-refractivity contribution in [2.75, 3.05) is 39.6 Å². The number of carbonyl (C=O) groups is 3. The van der Waals surface area contributed by atoms with Crippen LogP contribution >= 0.6 is 0 Å². The fourth-order valence-electron chi connectivity index (χ4n) is 1.56. The molecule has 0 aromatic carbocycles. The lowest BCUT2D eigenvalue weighted by Gasteiger charge is -2.05. The summed E-state index contributed by atoms with van der Waals surface area (Å²) >= 11 is 0. The number of esters is 3. The second-order valence-electron chi connectivity index (χ2n) is 4.90. The zero-order valence-electron chi connectivity index (χ0n) is 16.2. The van der Waals surface area contributed by atoms with Gasteiger partial charge in [-0.2, -0.15) is 4.98 Å². The monoisotopic (exact) mass is 424 g/mol. The predicted octanol–water partition coefficient (Wildman–Crippen LogP) is -0.385. The number of ether oxygens (including phenoxy) is 6. The molecule has 0 aliphatic rings. The minimum atomic E-state index is -0.600. The molecule has 12 nitrogen and oxygen atoms in total. The molecule has 0 amide bonds.